The second-order valence-electron chi connectivity index (χ2n) is 7.30. The third-order valence-corrected chi connectivity index (χ3v) is 5.41. The number of piperidine rings is 1. The van der Waals surface area contributed by atoms with E-state index in [9.17, 15) is 4.79 Å². The smallest absolute Gasteiger partial charge is 0.236 e. The van der Waals surface area contributed by atoms with Crippen molar-refractivity contribution in [3.05, 3.63) is 48.3 Å². The van der Waals surface area contributed by atoms with E-state index in [0.717, 1.165) is 63.8 Å². The molecule has 0 aliphatic carbocycles. The molecule has 0 radical (unpaired) electrons. The van der Waals surface area contributed by atoms with Gasteiger partial charge in [-0.15, -0.1) is 0 Å². The number of hydrogen-bond acceptors (Lipinski definition) is 5. The van der Waals surface area contributed by atoms with E-state index in [2.05, 4.69) is 19.4 Å². The van der Waals surface area contributed by atoms with Crippen molar-refractivity contribution in [2.24, 2.45) is 0 Å². The van der Waals surface area contributed by atoms with Gasteiger partial charge in [-0.05, 0) is 25.0 Å². The second-order valence-corrected chi connectivity index (χ2v) is 7.30. The highest BCUT2D eigenvalue weighted by molar-refractivity contribution is 5.78. The van der Waals surface area contributed by atoms with Crippen LogP contribution in [0.15, 0.2) is 36.8 Å². The van der Waals surface area contributed by atoms with E-state index in [-0.39, 0.29) is 11.8 Å². The molecule has 1 atom stereocenters. The molecule has 0 unspecified atom stereocenters. The van der Waals surface area contributed by atoms with Gasteiger partial charge < -0.3 is 14.2 Å². The minimum atomic E-state index is 0.226. The Morgan fingerprint density at radius 1 is 1.15 bits per heavy atom. The fraction of sp³-hybridized carbons (Fsp3) is 0.550. The third-order valence-electron chi connectivity index (χ3n) is 5.41. The van der Waals surface area contributed by atoms with Gasteiger partial charge in [-0.1, -0.05) is 6.07 Å². The number of aromatic nitrogens is 3. The molecule has 144 valence electrons. The summed E-state index contributed by atoms with van der Waals surface area (Å²) in [6.07, 6.45) is 7.78. The molecule has 2 saturated heterocycles. The van der Waals surface area contributed by atoms with E-state index in [1.807, 2.05) is 41.7 Å². The maximum Gasteiger partial charge on any atom is 0.236 e. The molecule has 2 aliphatic rings. The molecule has 4 heterocycles. The van der Waals surface area contributed by atoms with Crippen molar-refractivity contribution >= 4 is 5.91 Å². The Morgan fingerprint density at radius 3 is 2.85 bits per heavy atom. The van der Waals surface area contributed by atoms with Crippen LogP contribution >= 0.6 is 0 Å². The zero-order valence-corrected chi connectivity index (χ0v) is 15.7. The van der Waals surface area contributed by atoms with Crippen LogP contribution < -0.4 is 0 Å². The molecule has 0 bridgehead atoms. The van der Waals surface area contributed by atoms with Crippen LogP contribution in [0.3, 0.4) is 0 Å². The predicted octanol–water partition coefficient (Wildman–Crippen LogP) is 1.36. The summed E-state index contributed by atoms with van der Waals surface area (Å²) in [5.41, 5.74) is 1.02. The molecule has 2 aromatic heterocycles. The highest BCUT2D eigenvalue weighted by Gasteiger charge is 2.28. The molecule has 0 aromatic carbocycles. The molecule has 0 spiro atoms. The first-order chi connectivity index (χ1) is 13.3. The predicted molar refractivity (Wildman–Crippen MR) is 101 cm³/mol. The summed E-state index contributed by atoms with van der Waals surface area (Å²) in [5, 5.41) is 0. The number of pyridine rings is 1. The normalized spacial score (nSPS) is 21.3. The van der Waals surface area contributed by atoms with Gasteiger partial charge >= 0.3 is 0 Å². The number of likely N-dealkylation sites (tertiary alicyclic amines) is 1. The number of rotatable bonds is 5. The lowest BCUT2D eigenvalue weighted by molar-refractivity contribution is -0.134. The number of hydrogen-bond donors (Lipinski definition) is 0. The van der Waals surface area contributed by atoms with Crippen LogP contribution in [-0.2, 0) is 16.1 Å². The van der Waals surface area contributed by atoms with E-state index in [0.29, 0.717) is 13.1 Å². The molecule has 1 amide bonds. The van der Waals surface area contributed by atoms with Crippen LogP contribution in [0.4, 0.5) is 0 Å². The average Bonchev–Trinajstić information content (AvgIpc) is 3.18. The van der Waals surface area contributed by atoms with Crippen LogP contribution in [0, 0.1) is 0 Å². The van der Waals surface area contributed by atoms with E-state index in [4.69, 9.17) is 4.74 Å². The Morgan fingerprint density at radius 2 is 2.04 bits per heavy atom. The van der Waals surface area contributed by atoms with E-state index in [1.165, 1.54) is 0 Å². The number of nitrogens with zero attached hydrogens (tertiary/aromatic N) is 5. The van der Waals surface area contributed by atoms with Gasteiger partial charge in [-0.25, -0.2) is 4.98 Å². The summed E-state index contributed by atoms with van der Waals surface area (Å²) in [5.74, 6) is 1.57. The molecular formula is C20H27N5O2. The zero-order chi connectivity index (χ0) is 18.5. The highest BCUT2D eigenvalue weighted by Crippen LogP contribution is 2.26. The van der Waals surface area contributed by atoms with Gasteiger partial charge in [-0.2, -0.15) is 0 Å². The zero-order valence-electron chi connectivity index (χ0n) is 15.7. The SMILES string of the molecule is O=C(CN1CCOCC1)N1CCC[C@@H](c2nccn2Cc2ccccn2)C1. The summed E-state index contributed by atoms with van der Waals surface area (Å²) >= 11 is 0. The molecule has 7 heteroatoms. The number of carbonyl (C=O) groups excluding carboxylic acids is 1. The summed E-state index contributed by atoms with van der Waals surface area (Å²) in [4.78, 5) is 26.0. The van der Waals surface area contributed by atoms with Crippen molar-refractivity contribution in [3.8, 4) is 0 Å². The summed E-state index contributed by atoms with van der Waals surface area (Å²) < 4.78 is 7.54. The Hall–Kier alpha value is -2.25. The Balaban J connectivity index is 1.39. The molecule has 2 aromatic rings. The third kappa shape index (κ3) is 4.54. The number of carbonyl (C=O) groups is 1. The molecular weight excluding hydrogens is 342 g/mol. The number of amides is 1. The molecule has 7 nitrogen and oxygen atoms in total. The Kier molecular flexibility index (Phi) is 5.79. The van der Waals surface area contributed by atoms with Crippen LogP contribution in [-0.4, -0.2) is 76.2 Å². The van der Waals surface area contributed by atoms with Gasteiger partial charge in [0.05, 0.1) is 32.0 Å². The first kappa shape index (κ1) is 18.1. The van der Waals surface area contributed by atoms with Gasteiger partial charge in [0, 0.05) is 50.7 Å². The monoisotopic (exact) mass is 369 g/mol. The standard InChI is InChI=1S/C20H27N5O2/c26-19(16-23-10-12-27-13-11-23)24-8-3-4-17(14-24)20-22-7-9-25(20)15-18-5-1-2-6-21-18/h1-2,5-7,9,17H,3-4,8,10-16H2/t17-/m1/s1. The van der Waals surface area contributed by atoms with Crippen LogP contribution in [0.25, 0.3) is 0 Å². The highest BCUT2D eigenvalue weighted by atomic mass is 16.5. The fourth-order valence-corrected chi connectivity index (χ4v) is 3.95. The maximum absolute atomic E-state index is 12.8. The van der Waals surface area contributed by atoms with Crippen molar-refractivity contribution < 1.29 is 9.53 Å². The molecule has 0 saturated carbocycles. The van der Waals surface area contributed by atoms with E-state index in [1.54, 1.807) is 0 Å². The van der Waals surface area contributed by atoms with Gasteiger partial charge in [0.25, 0.3) is 0 Å². The average molecular weight is 369 g/mol. The summed E-state index contributed by atoms with van der Waals surface area (Å²) in [7, 11) is 0. The lowest BCUT2D eigenvalue weighted by Gasteiger charge is -2.35. The van der Waals surface area contributed by atoms with E-state index >= 15 is 0 Å². The summed E-state index contributed by atoms with van der Waals surface area (Å²) in [6, 6.07) is 5.96. The topological polar surface area (TPSA) is 63.5 Å². The number of ether oxygens (including phenoxy) is 1. The minimum Gasteiger partial charge on any atom is -0.379 e. The van der Waals surface area contributed by atoms with Gasteiger partial charge in [0.2, 0.25) is 5.91 Å². The maximum atomic E-state index is 12.8. The van der Waals surface area contributed by atoms with Crippen molar-refractivity contribution in [2.75, 3.05) is 45.9 Å². The van der Waals surface area contributed by atoms with Crippen LogP contribution in [0.1, 0.15) is 30.3 Å². The first-order valence-electron chi connectivity index (χ1n) is 9.78. The Bertz CT molecular complexity index is 742. The van der Waals surface area contributed by atoms with Crippen molar-refractivity contribution in [2.45, 2.75) is 25.3 Å². The molecule has 2 aliphatic heterocycles. The van der Waals surface area contributed by atoms with Crippen molar-refractivity contribution in [3.63, 3.8) is 0 Å². The second kappa shape index (κ2) is 8.63. The van der Waals surface area contributed by atoms with E-state index < -0.39 is 0 Å². The molecule has 4 rings (SSSR count). The van der Waals surface area contributed by atoms with Crippen LogP contribution in [0.2, 0.25) is 0 Å². The summed E-state index contributed by atoms with van der Waals surface area (Å²) in [6.45, 7) is 5.95. The first-order valence-corrected chi connectivity index (χ1v) is 9.78. The molecule has 2 fully saturated rings. The van der Waals surface area contributed by atoms with Gasteiger partial charge in [0.1, 0.15) is 5.82 Å². The minimum absolute atomic E-state index is 0.226. The lowest BCUT2D eigenvalue weighted by Crippen LogP contribution is -2.47. The van der Waals surface area contributed by atoms with Crippen LogP contribution in [0.5, 0.6) is 0 Å². The fourth-order valence-electron chi connectivity index (χ4n) is 3.95. The van der Waals surface area contributed by atoms with Crippen molar-refractivity contribution in [1.82, 2.24) is 24.3 Å². The van der Waals surface area contributed by atoms with Gasteiger partial charge in [0.15, 0.2) is 0 Å². The largest absolute Gasteiger partial charge is 0.379 e. The lowest BCUT2D eigenvalue weighted by atomic mass is 9.97. The number of imidazole rings is 1. The number of morpholine rings is 1. The Labute approximate surface area is 160 Å². The quantitative estimate of drug-likeness (QED) is 0.796. The molecule has 27 heavy (non-hydrogen) atoms. The van der Waals surface area contributed by atoms with Gasteiger partial charge in [-0.3, -0.25) is 14.7 Å². The molecule has 0 N–H and O–H groups in total. The van der Waals surface area contributed by atoms with Crippen molar-refractivity contribution in [1.29, 1.82) is 0 Å².